The van der Waals surface area contributed by atoms with Gasteiger partial charge in [-0.1, -0.05) is 29.8 Å². The van der Waals surface area contributed by atoms with Crippen LogP contribution in [0.1, 0.15) is 11.1 Å². The first-order valence-corrected chi connectivity index (χ1v) is 8.33. The molecule has 0 heterocycles. The van der Waals surface area contributed by atoms with E-state index < -0.39 is 16.1 Å². The fourth-order valence-corrected chi connectivity index (χ4v) is 2.40. The molecular weight excluding hydrogens is 314 g/mol. The van der Waals surface area contributed by atoms with Gasteiger partial charge in [0.25, 0.3) is 0 Å². The highest BCUT2D eigenvalue weighted by Crippen LogP contribution is 2.12. The van der Waals surface area contributed by atoms with Gasteiger partial charge in [0.2, 0.25) is 10.0 Å². The molecule has 2 rings (SSSR count). The maximum absolute atomic E-state index is 11.7. The average molecular weight is 331 g/mol. The molecule has 2 aromatic rings. The van der Waals surface area contributed by atoms with Crippen LogP contribution in [-0.2, 0) is 10.0 Å². The summed E-state index contributed by atoms with van der Waals surface area (Å²) < 4.78 is 22.3. The van der Waals surface area contributed by atoms with E-state index in [0.717, 1.165) is 11.1 Å². The molecule has 0 bridgehead atoms. The number of amides is 2. The Hall–Kier alpha value is -2.64. The van der Waals surface area contributed by atoms with E-state index in [2.05, 4.69) is 10.6 Å². The van der Waals surface area contributed by atoms with Gasteiger partial charge in [-0.25, -0.2) is 18.4 Å². The van der Waals surface area contributed by atoms with Crippen molar-refractivity contribution >= 4 is 27.8 Å². The number of rotatable bonds is 4. The highest BCUT2D eigenvalue weighted by molar-refractivity contribution is 7.89. The number of primary sulfonamides is 1. The van der Waals surface area contributed by atoms with Crippen LogP contribution in [0.5, 0.6) is 0 Å². The van der Waals surface area contributed by atoms with Crippen molar-refractivity contribution in [1.29, 1.82) is 0 Å². The molecule has 0 radical (unpaired) electrons. The van der Waals surface area contributed by atoms with Crippen LogP contribution in [0.2, 0.25) is 0 Å². The van der Waals surface area contributed by atoms with Crippen molar-refractivity contribution in [2.24, 2.45) is 5.14 Å². The van der Waals surface area contributed by atoms with Crippen LogP contribution in [0.3, 0.4) is 0 Å². The maximum Gasteiger partial charge on any atom is 0.323 e. The number of nitrogens with one attached hydrogen (secondary N) is 2. The SMILES string of the molecule is Cc1cccc(/C=C/NC(=O)Nc2ccc(S(N)(=O)=O)cc2)c1. The molecule has 0 aliphatic carbocycles. The summed E-state index contributed by atoms with van der Waals surface area (Å²) >= 11 is 0. The van der Waals surface area contributed by atoms with E-state index >= 15 is 0 Å². The van der Waals surface area contributed by atoms with Crippen molar-refractivity contribution in [1.82, 2.24) is 5.32 Å². The molecule has 120 valence electrons. The van der Waals surface area contributed by atoms with Gasteiger partial charge in [-0.2, -0.15) is 0 Å². The molecule has 0 aliphatic heterocycles. The van der Waals surface area contributed by atoms with Crippen molar-refractivity contribution in [2.75, 3.05) is 5.32 Å². The standard InChI is InChI=1S/C16H17N3O3S/c1-12-3-2-4-13(11-12)9-10-18-16(20)19-14-5-7-15(8-6-14)23(17,21)22/h2-11H,1H3,(H2,17,21,22)(H2,18,19,20)/b10-9+. The first-order chi connectivity index (χ1) is 10.8. The largest absolute Gasteiger partial charge is 0.323 e. The topological polar surface area (TPSA) is 101 Å². The maximum atomic E-state index is 11.7. The van der Waals surface area contributed by atoms with Crippen LogP contribution < -0.4 is 15.8 Å². The Morgan fingerprint density at radius 3 is 2.43 bits per heavy atom. The molecule has 0 unspecified atom stereocenters. The number of anilines is 1. The Morgan fingerprint density at radius 2 is 1.83 bits per heavy atom. The normalized spacial score (nSPS) is 11.4. The second kappa shape index (κ2) is 7.08. The number of aryl methyl sites for hydroxylation is 1. The fourth-order valence-electron chi connectivity index (χ4n) is 1.88. The monoisotopic (exact) mass is 331 g/mol. The van der Waals surface area contributed by atoms with Crippen LogP contribution in [0.4, 0.5) is 10.5 Å². The van der Waals surface area contributed by atoms with E-state index in [-0.39, 0.29) is 4.90 Å². The minimum absolute atomic E-state index is 0.0113. The summed E-state index contributed by atoms with van der Waals surface area (Å²) in [5, 5.41) is 10.2. The van der Waals surface area contributed by atoms with Crippen LogP contribution >= 0.6 is 0 Å². The smallest absolute Gasteiger partial charge is 0.314 e. The second-order valence-electron chi connectivity index (χ2n) is 4.92. The van der Waals surface area contributed by atoms with E-state index in [9.17, 15) is 13.2 Å². The molecule has 0 aromatic heterocycles. The molecule has 7 heteroatoms. The lowest BCUT2D eigenvalue weighted by Gasteiger charge is -2.05. The summed E-state index contributed by atoms with van der Waals surface area (Å²) in [6.45, 7) is 1.99. The van der Waals surface area contributed by atoms with E-state index in [1.54, 1.807) is 6.08 Å². The second-order valence-corrected chi connectivity index (χ2v) is 6.48. The Kier molecular flexibility index (Phi) is 5.15. The fraction of sp³-hybridized carbons (Fsp3) is 0.0625. The predicted octanol–water partition coefficient (Wildman–Crippen LogP) is 2.43. The van der Waals surface area contributed by atoms with Gasteiger partial charge >= 0.3 is 6.03 Å². The van der Waals surface area contributed by atoms with Crippen molar-refractivity contribution in [3.05, 3.63) is 65.9 Å². The molecule has 2 amide bonds. The number of urea groups is 1. The molecule has 0 atom stereocenters. The summed E-state index contributed by atoms with van der Waals surface area (Å²) in [5.74, 6) is 0. The Morgan fingerprint density at radius 1 is 1.13 bits per heavy atom. The summed E-state index contributed by atoms with van der Waals surface area (Å²) in [5.41, 5.74) is 2.56. The van der Waals surface area contributed by atoms with E-state index in [0.29, 0.717) is 5.69 Å². The van der Waals surface area contributed by atoms with Crippen LogP contribution in [-0.4, -0.2) is 14.4 Å². The number of sulfonamides is 1. The third-order valence-corrected chi connectivity index (χ3v) is 3.90. The first-order valence-electron chi connectivity index (χ1n) is 6.78. The molecular formula is C16H17N3O3S. The van der Waals surface area contributed by atoms with Crippen molar-refractivity contribution in [3.8, 4) is 0 Å². The van der Waals surface area contributed by atoms with Crippen molar-refractivity contribution < 1.29 is 13.2 Å². The van der Waals surface area contributed by atoms with Crippen LogP contribution in [0, 0.1) is 6.92 Å². The van der Waals surface area contributed by atoms with Gasteiger partial charge < -0.3 is 10.6 Å². The van der Waals surface area contributed by atoms with E-state index in [4.69, 9.17) is 5.14 Å². The number of nitrogens with two attached hydrogens (primary N) is 1. The summed E-state index contributed by atoms with van der Waals surface area (Å²) in [7, 11) is -3.74. The molecule has 0 fully saturated rings. The number of benzene rings is 2. The lowest BCUT2D eigenvalue weighted by Crippen LogP contribution is -2.23. The van der Waals surface area contributed by atoms with Gasteiger partial charge in [0.15, 0.2) is 0 Å². The zero-order valence-electron chi connectivity index (χ0n) is 12.5. The van der Waals surface area contributed by atoms with Crippen LogP contribution in [0.25, 0.3) is 6.08 Å². The van der Waals surface area contributed by atoms with Gasteiger partial charge in [0.05, 0.1) is 4.90 Å². The van der Waals surface area contributed by atoms with Crippen molar-refractivity contribution in [2.45, 2.75) is 11.8 Å². The number of carbonyl (C=O) groups is 1. The van der Waals surface area contributed by atoms with Crippen LogP contribution in [0.15, 0.2) is 59.6 Å². The van der Waals surface area contributed by atoms with Gasteiger partial charge in [0, 0.05) is 11.9 Å². The summed E-state index contributed by atoms with van der Waals surface area (Å²) in [4.78, 5) is 11.7. The Bertz CT molecular complexity index is 828. The number of carbonyl (C=O) groups excluding carboxylic acids is 1. The highest BCUT2D eigenvalue weighted by atomic mass is 32.2. The molecule has 0 saturated heterocycles. The van der Waals surface area contributed by atoms with E-state index in [1.165, 1.54) is 30.5 Å². The molecule has 0 aliphatic rings. The first kappa shape index (κ1) is 16.7. The quantitative estimate of drug-likeness (QED) is 0.802. The molecule has 4 N–H and O–H groups in total. The number of hydrogen-bond acceptors (Lipinski definition) is 3. The number of hydrogen-bond donors (Lipinski definition) is 3. The predicted molar refractivity (Wildman–Crippen MR) is 90.2 cm³/mol. The minimum Gasteiger partial charge on any atom is -0.314 e. The lowest BCUT2D eigenvalue weighted by molar-refractivity contribution is 0.255. The molecule has 2 aromatic carbocycles. The Labute approximate surface area is 135 Å². The van der Waals surface area contributed by atoms with Gasteiger partial charge in [-0.05, 0) is 42.8 Å². The zero-order chi connectivity index (χ0) is 16.9. The third kappa shape index (κ3) is 5.24. The average Bonchev–Trinajstić information content (AvgIpc) is 2.47. The molecule has 6 nitrogen and oxygen atoms in total. The zero-order valence-corrected chi connectivity index (χ0v) is 13.3. The lowest BCUT2D eigenvalue weighted by atomic mass is 10.1. The van der Waals surface area contributed by atoms with Crippen molar-refractivity contribution in [3.63, 3.8) is 0 Å². The summed E-state index contributed by atoms with van der Waals surface area (Å²) in [6.07, 6.45) is 3.31. The minimum atomic E-state index is -3.74. The van der Waals surface area contributed by atoms with Gasteiger partial charge in [0.1, 0.15) is 0 Å². The third-order valence-electron chi connectivity index (χ3n) is 2.97. The molecule has 0 spiro atoms. The Balaban J connectivity index is 1.92. The molecule has 0 saturated carbocycles. The van der Waals surface area contributed by atoms with E-state index in [1.807, 2.05) is 31.2 Å². The van der Waals surface area contributed by atoms with Gasteiger partial charge in [-0.15, -0.1) is 0 Å². The molecule has 23 heavy (non-hydrogen) atoms. The highest BCUT2D eigenvalue weighted by Gasteiger charge is 2.07. The summed E-state index contributed by atoms with van der Waals surface area (Å²) in [6, 6.07) is 13.0. The van der Waals surface area contributed by atoms with Gasteiger partial charge in [-0.3, -0.25) is 0 Å².